The first-order valence-electron chi connectivity index (χ1n) is 7.97. The average molecular weight is 278 g/mol. The first kappa shape index (κ1) is 15.5. The van der Waals surface area contributed by atoms with Gasteiger partial charge in [-0.25, -0.2) is 4.98 Å². The molecule has 4 heteroatoms. The van der Waals surface area contributed by atoms with Crippen LogP contribution in [0.25, 0.3) is 0 Å². The number of nitrogens with one attached hydrogen (secondary N) is 1. The van der Waals surface area contributed by atoms with Gasteiger partial charge in [0.2, 0.25) is 0 Å². The van der Waals surface area contributed by atoms with Crippen molar-refractivity contribution in [2.45, 2.75) is 64.6 Å². The van der Waals surface area contributed by atoms with Crippen molar-refractivity contribution in [3.63, 3.8) is 0 Å². The van der Waals surface area contributed by atoms with Crippen LogP contribution in [-0.4, -0.2) is 45.2 Å². The molecule has 2 rings (SSSR count). The molecule has 1 saturated heterocycles. The van der Waals surface area contributed by atoms with Crippen molar-refractivity contribution in [1.29, 1.82) is 0 Å². The topological polar surface area (TPSA) is 33.1 Å². The number of hydrogen-bond acceptors (Lipinski definition) is 3. The van der Waals surface area contributed by atoms with E-state index in [0.29, 0.717) is 5.54 Å². The molecule has 2 heterocycles. The Morgan fingerprint density at radius 3 is 2.60 bits per heavy atom. The fraction of sp³-hybridized carbons (Fsp3) is 0.812. The zero-order valence-corrected chi connectivity index (χ0v) is 13.5. The predicted molar refractivity (Wildman–Crippen MR) is 83.8 cm³/mol. The van der Waals surface area contributed by atoms with Crippen molar-refractivity contribution in [2.24, 2.45) is 0 Å². The standard InChI is InChI=1S/C16H30N4/c1-5-15(3)13-20(16(4,6-2)12-18-15)10-7-9-19-11-8-17-14-19/h8,11,14,18H,5-7,9-10,12-13H2,1-4H3. The quantitative estimate of drug-likeness (QED) is 0.868. The maximum atomic E-state index is 4.11. The molecule has 0 amide bonds. The molecule has 0 saturated carbocycles. The zero-order chi connectivity index (χ0) is 14.6. The Labute approximate surface area is 123 Å². The molecule has 114 valence electrons. The highest BCUT2D eigenvalue weighted by Crippen LogP contribution is 2.28. The number of nitrogens with zero attached hydrogens (tertiary/aromatic N) is 3. The van der Waals surface area contributed by atoms with Gasteiger partial charge in [-0.3, -0.25) is 4.90 Å². The smallest absolute Gasteiger partial charge is 0.0945 e. The number of hydrogen-bond donors (Lipinski definition) is 1. The van der Waals surface area contributed by atoms with E-state index in [2.05, 4.69) is 47.5 Å². The minimum Gasteiger partial charge on any atom is -0.337 e. The zero-order valence-electron chi connectivity index (χ0n) is 13.5. The van der Waals surface area contributed by atoms with Gasteiger partial charge in [0.15, 0.2) is 0 Å². The fourth-order valence-corrected chi connectivity index (χ4v) is 2.98. The van der Waals surface area contributed by atoms with E-state index in [1.165, 1.54) is 25.8 Å². The molecule has 4 nitrogen and oxygen atoms in total. The summed E-state index contributed by atoms with van der Waals surface area (Å²) in [7, 11) is 0. The maximum absolute atomic E-state index is 4.11. The van der Waals surface area contributed by atoms with Crippen molar-refractivity contribution in [2.75, 3.05) is 19.6 Å². The molecule has 2 atom stereocenters. The van der Waals surface area contributed by atoms with Gasteiger partial charge in [0, 0.05) is 49.7 Å². The molecule has 0 spiro atoms. The largest absolute Gasteiger partial charge is 0.337 e. The van der Waals surface area contributed by atoms with Gasteiger partial charge in [0.05, 0.1) is 6.33 Å². The van der Waals surface area contributed by atoms with E-state index in [1.807, 2.05) is 18.7 Å². The SMILES string of the molecule is CCC1(C)CN(CCCn2ccnc2)C(C)(CC)CN1. The van der Waals surface area contributed by atoms with Crippen LogP contribution in [-0.2, 0) is 6.54 Å². The molecule has 1 N–H and O–H groups in total. The van der Waals surface area contributed by atoms with Crippen LogP contribution in [0.3, 0.4) is 0 Å². The summed E-state index contributed by atoms with van der Waals surface area (Å²) in [6, 6.07) is 0. The van der Waals surface area contributed by atoms with Gasteiger partial charge in [-0.05, 0) is 33.1 Å². The summed E-state index contributed by atoms with van der Waals surface area (Å²) in [5, 5.41) is 3.76. The van der Waals surface area contributed by atoms with Crippen molar-refractivity contribution in [3.8, 4) is 0 Å². The van der Waals surface area contributed by atoms with Crippen molar-refractivity contribution in [3.05, 3.63) is 18.7 Å². The predicted octanol–water partition coefficient (Wildman–Crippen LogP) is 2.52. The number of rotatable bonds is 6. The Kier molecular flexibility index (Phi) is 4.86. The van der Waals surface area contributed by atoms with Crippen LogP contribution in [0, 0.1) is 0 Å². The molecule has 1 aliphatic rings. The lowest BCUT2D eigenvalue weighted by atomic mass is 9.85. The van der Waals surface area contributed by atoms with Crippen molar-refractivity contribution in [1.82, 2.24) is 19.8 Å². The number of aryl methyl sites for hydroxylation is 1. The molecule has 20 heavy (non-hydrogen) atoms. The molecule has 2 unspecified atom stereocenters. The highest BCUT2D eigenvalue weighted by Gasteiger charge is 2.40. The van der Waals surface area contributed by atoms with E-state index < -0.39 is 0 Å². The molecule has 0 bridgehead atoms. The van der Waals surface area contributed by atoms with Crippen LogP contribution in [0.4, 0.5) is 0 Å². The van der Waals surface area contributed by atoms with Crippen molar-refractivity contribution < 1.29 is 0 Å². The van der Waals surface area contributed by atoms with E-state index in [1.54, 1.807) is 0 Å². The molecule has 0 aliphatic carbocycles. The van der Waals surface area contributed by atoms with Gasteiger partial charge in [-0.15, -0.1) is 0 Å². The monoisotopic (exact) mass is 278 g/mol. The fourth-order valence-electron chi connectivity index (χ4n) is 2.98. The second-order valence-corrected chi connectivity index (χ2v) is 6.69. The van der Waals surface area contributed by atoms with E-state index in [-0.39, 0.29) is 5.54 Å². The molecular weight excluding hydrogens is 248 g/mol. The lowest BCUT2D eigenvalue weighted by molar-refractivity contribution is 0.0155. The maximum Gasteiger partial charge on any atom is 0.0945 e. The normalized spacial score (nSPS) is 31.6. The summed E-state index contributed by atoms with van der Waals surface area (Å²) in [5.41, 5.74) is 0.563. The van der Waals surface area contributed by atoms with Crippen LogP contribution in [0.15, 0.2) is 18.7 Å². The minimum absolute atomic E-state index is 0.268. The minimum atomic E-state index is 0.268. The Morgan fingerprint density at radius 2 is 2.00 bits per heavy atom. The van der Waals surface area contributed by atoms with Crippen LogP contribution < -0.4 is 5.32 Å². The summed E-state index contributed by atoms with van der Waals surface area (Å²) in [6.07, 6.45) is 9.39. The Hall–Kier alpha value is -0.870. The third kappa shape index (κ3) is 3.41. The highest BCUT2D eigenvalue weighted by molar-refractivity contribution is 5.00. The van der Waals surface area contributed by atoms with Crippen LogP contribution in [0.1, 0.15) is 47.0 Å². The Bertz CT molecular complexity index is 403. The third-order valence-electron chi connectivity index (χ3n) is 5.14. The summed E-state index contributed by atoms with van der Waals surface area (Å²) in [4.78, 5) is 6.81. The number of imidazole rings is 1. The summed E-state index contributed by atoms with van der Waals surface area (Å²) in [6.45, 7) is 13.8. The van der Waals surface area contributed by atoms with Gasteiger partial charge in [-0.2, -0.15) is 0 Å². The molecule has 1 aromatic rings. The molecule has 1 fully saturated rings. The van der Waals surface area contributed by atoms with E-state index in [9.17, 15) is 0 Å². The van der Waals surface area contributed by atoms with Gasteiger partial charge in [0.25, 0.3) is 0 Å². The molecule has 0 radical (unpaired) electrons. The Balaban J connectivity index is 1.93. The van der Waals surface area contributed by atoms with Gasteiger partial charge in [-0.1, -0.05) is 13.8 Å². The Morgan fingerprint density at radius 1 is 1.20 bits per heavy atom. The summed E-state index contributed by atoms with van der Waals surface area (Å²) < 4.78 is 2.17. The molecular formula is C16H30N4. The third-order valence-corrected chi connectivity index (χ3v) is 5.14. The summed E-state index contributed by atoms with van der Waals surface area (Å²) in [5.74, 6) is 0. The first-order chi connectivity index (χ1) is 9.51. The highest BCUT2D eigenvalue weighted by atomic mass is 15.3. The second-order valence-electron chi connectivity index (χ2n) is 6.69. The molecule has 0 aromatic carbocycles. The average Bonchev–Trinajstić information content (AvgIpc) is 2.96. The first-order valence-corrected chi connectivity index (χ1v) is 7.97. The second kappa shape index (κ2) is 6.27. The molecule has 1 aromatic heterocycles. The van der Waals surface area contributed by atoms with Gasteiger partial charge < -0.3 is 9.88 Å². The van der Waals surface area contributed by atoms with Crippen LogP contribution in [0.2, 0.25) is 0 Å². The molecule has 1 aliphatic heterocycles. The number of aromatic nitrogens is 2. The van der Waals surface area contributed by atoms with Gasteiger partial charge in [0.1, 0.15) is 0 Å². The lowest BCUT2D eigenvalue weighted by Crippen LogP contribution is -2.67. The van der Waals surface area contributed by atoms with Gasteiger partial charge >= 0.3 is 0 Å². The van der Waals surface area contributed by atoms with E-state index >= 15 is 0 Å². The lowest BCUT2D eigenvalue weighted by Gasteiger charge is -2.52. The van der Waals surface area contributed by atoms with Crippen LogP contribution >= 0.6 is 0 Å². The summed E-state index contributed by atoms with van der Waals surface area (Å²) >= 11 is 0. The number of piperazine rings is 1. The van der Waals surface area contributed by atoms with E-state index in [4.69, 9.17) is 0 Å². The van der Waals surface area contributed by atoms with E-state index in [0.717, 1.165) is 19.6 Å². The van der Waals surface area contributed by atoms with Crippen molar-refractivity contribution >= 4 is 0 Å². The van der Waals surface area contributed by atoms with Crippen LogP contribution in [0.5, 0.6) is 0 Å².